The molecule has 1 N–H and O–H groups in total. The molecule has 0 aliphatic rings. The number of hydrogen-bond donors (Lipinski definition) is 1. The van der Waals surface area contributed by atoms with Crippen molar-refractivity contribution in [1.29, 1.82) is 0 Å². The second-order valence-electron chi connectivity index (χ2n) is 4.16. The van der Waals surface area contributed by atoms with Gasteiger partial charge in [0.1, 0.15) is 0 Å². The minimum atomic E-state index is 0.437. The molecule has 2 nitrogen and oxygen atoms in total. The number of nitrogens with one attached hydrogen (secondary N) is 1. The average molecular weight is 229 g/mol. The highest BCUT2D eigenvalue weighted by molar-refractivity contribution is 5.62. The Morgan fingerprint density at radius 1 is 1.18 bits per heavy atom. The Bertz CT molecular complexity index is 448. The van der Waals surface area contributed by atoms with Crippen LogP contribution in [0.3, 0.4) is 0 Å². The van der Waals surface area contributed by atoms with Crippen LogP contribution < -0.4 is 5.32 Å². The molecule has 2 heteroatoms. The third-order valence-corrected chi connectivity index (χ3v) is 3.00. The van der Waals surface area contributed by atoms with Gasteiger partial charge in [0.05, 0.1) is 12.5 Å². The van der Waals surface area contributed by atoms with E-state index in [2.05, 4.69) is 43.4 Å². The van der Waals surface area contributed by atoms with Gasteiger partial charge >= 0.3 is 0 Å². The van der Waals surface area contributed by atoms with Crippen LogP contribution in [0.1, 0.15) is 31.9 Å². The van der Waals surface area contributed by atoms with Crippen LogP contribution in [0.2, 0.25) is 0 Å². The number of hydrogen-bond acceptors (Lipinski definition) is 2. The van der Waals surface area contributed by atoms with Gasteiger partial charge in [-0.15, -0.1) is 0 Å². The number of furan rings is 1. The predicted octanol–water partition coefficient (Wildman–Crippen LogP) is 4.01. The minimum absolute atomic E-state index is 0.437. The van der Waals surface area contributed by atoms with Crippen molar-refractivity contribution < 1.29 is 4.42 Å². The van der Waals surface area contributed by atoms with Crippen molar-refractivity contribution in [3.05, 3.63) is 48.4 Å². The maximum absolute atomic E-state index is 5.13. The molecule has 2 rings (SSSR count). The molecule has 0 fully saturated rings. The average Bonchev–Trinajstić information content (AvgIpc) is 2.90. The second kappa shape index (κ2) is 5.69. The van der Waals surface area contributed by atoms with Gasteiger partial charge in [0.25, 0.3) is 0 Å². The first-order valence-corrected chi connectivity index (χ1v) is 6.21. The van der Waals surface area contributed by atoms with E-state index in [1.54, 1.807) is 12.5 Å². The zero-order valence-electron chi connectivity index (χ0n) is 10.4. The molecule has 1 aromatic carbocycles. The van der Waals surface area contributed by atoms with Crippen molar-refractivity contribution in [1.82, 2.24) is 5.32 Å². The van der Waals surface area contributed by atoms with Crippen LogP contribution in [0.15, 0.2) is 47.3 Å². The van der Waals surface area contributed by atoms with Crippen molar-refractivity contribution in [3.63, 3.8) is 0 Å². The molecule has 1 aromatic heterocycles. The van der Waals surface area contributed by atoms with Gasteiger partial charge in [-0.25, -0.2) is 0 Å². The quantitative estimate of drug-likeness (QED) is 0.838. The van der Waals surface area contributed by atoms with E-state index in [9.17, 15) is 0 Å². The van der Waals surface area contributed by atoms with Crippen LogP contribution in [-0.2, 0) is 0 Å². The normalized spacial score (nSPS) is 12.6. The van der Waals surface area contributed by atoms with Gasteiger partial charge in [0.15, 0.2) is 0 Å². The van der Waals surface area contributed by atoms with Crippen molar-refractivity contribution in [3.8, 4) is 11.1 Å². The Morgan fingerprint density at radius 2 is 2.06 bits per heavy atom. The van der Waals surface area contributed by atoms with Gasteiger partial charge in [0, 0.05) is 11.6 Å². The Hall–Kier alpha value is -1.54. The smallest absolute Gasteiger partial charge is 0.0980 e. The van der Waals surface area contributed by atoms with Crippen molar-refractivity contribution >= 4 is 0 Å². The summed E-state index contributed by atoms with van der Waals surface area (Å²) in [4.78, 5) is 0. The summed E-state index contributed by atoms with van der Waals surface area (Å²) in [6.07, 6.45) is 4.60. The molecule has 0 aliphatic heterocycles. The number of benzene rings is 1. The molecule has 0 radical (unpaired) electrons. The van der Waals surface area contributed by atoms with Crippen LogP contribution in [0.4, 0.5) is 0 Å². The van der Waals surface area contributed by atoms with Crippen LogP contribution in [-0.4, -0.2) is 6.54 Å². The highest BCUT2D eigenvalue weighted by Crippen LogP contribution is 2.24. The molecule has 0 amide bonds. The second-order valence-corrected chi connectivity index (χ2v) is 4.16. The number of rotatable bonds is 5. The third kappa shape index (κ3) is 2.77. The van der Waals surface area contributed by atoms with E-state index < -0.39 is 0 Å². The first-order valence-electron chi connectivity index (χ1n) is 6.21. The van der Waals surface area contributed by atoms with Gasteiger partial charge in [0.2, 0.25) is 0 Å². The van der Waals surface area contributed by atoms with Gasteiger partial charge in [-0.2, -0.15) is 0 Å². The van der Waals surface area contributed by atoms with Gasteiger partial charge in [-0.3, -0.25) is 0 Å². The van der Waals surface area contributed by atoms with Gasteiger partial charge in [-0.1, -0.05) is 32.0 Å². The summed E-state index contributed by atoms with van der Waals surface area (Å²) in [7, 11) is 0. The summed E-state index contributed by atoms with van der Waals surface area (Å²) in [5, 5.41) is 3.50. The summed E-state index contributed by atoms with van der Waals surface area (Å²) < 4.78 is 5.13. The fourth-order valence-electron chi connectivity index (χ4n) is 2.11. The Morgan fingerprint density at radius 3 is 2.71 bits per heavy atom. The highest BCUT2D eigenvalue weighted by Gasteiger charge is 2.08. The molecule has 1 atom stereocenters. The Labute approximate surface area is 103 Å². The SMILES string of the molecule is CCNC(CC)c1cccc(-c2ccoc2)c1. The summed E-state index contributed by atoms with van der Waals surface area (Å²) in [5.74, 6) is 0. The molecule has 0 aliphatic carbocycles. The summed E-state index contributed by atoms with van der Waals surface area (Å²) in [6, 6.07) is 11.1. The molecule has 0 bridgehead atoms. The molecule has 1 unspecified atom stereocenters. The van der Waals surface area contributed by atoms with E-state index in [4.69, 9.17) is 4.42 Å². The lowest BCUT2D eigenvalue weighted by molar-refractivity contribution is 0.537. The minimum Gasteiger partial charge on any atom is -0.472 e. The molecular weight excluding hydrogens is 210 g/mol. The maximum Gasteiger partial charge on any atom is 0.0980 e. The van der Waals surface area contributed by atoms with Gasteiger partial charge < -0.3 is 9.73 Å². The van der Waals surface area contributed by atoms with Crippen LogP contribution in [0, 0.1) is 0 Å². The van der Waals surface area contributed by atoms with E-state index in [0.717, 1.165) is 18.5 Å². The lowest BCUT2D eigenvalue weighted by atomic mass is 9.99. The highest BCUT2D eigenvalue weighted by atomic mass is 16.3. The van der Waals surface area contributed by atoms with E-state index >= 15 is 0 Å². The van der Waals surface area contributed by atoms with E-state index in [0.29, 0.717) is 6.04 Å². The molecule has 2 aromatic rings. The molecule has 0 saturated heterocycles. The molecule has 0 spiro atoms. The monoisotopic (exact) mass is 229 g/mol. The molecule has 0 saturated carbocycles. The zero-order valence-corrected chi connectivity index (χ0v) is 10.4. The summed E-state index contributed by atoms with van der Waals surface area (Å²) >= 11 is 0. The first kappa shape index (κ1) is 11.9. The molecule has 1 heterocycles. The van der Waals surface area contributed by atoms with Crippen molar-refractivity contribution in [2.75, 3.05) is 6.54 Å². The van der Waals surface area contributed by atoms with Crippen LogP contribution in [0.25, 0.3) is 11.1 Å². The van der Waals surface area contributed by atoms with E-state index in [-0.39, 0.29) is 0 Å². The summed E-state index contributed by atoms with van der Waals surface area (Å²) in [6.45, 7) is 5.34. The lowest BCUT2D eigenvalue weighted by Gasteiger charge is -2.16. The van der Waals surface area contributed by atoms with Crippen molar-refractivity contribution in [2.45, 2.75) is 26.3 Å². The predicted molar refractivity (Wildman–Crippen MR) is 70.9 cm³/mol. The van der Waals surface area contributed by atoms with Crippen molar-refractivity contribution in [2.24, 2.45) is 0 Å². The maximum atomic E-state index is 5.13. The fraction of sp³-hybridized carbons (Fsp3) is 0.333. The lowest BCUT2D eigenvalue weighted by Crippen LogP contribution is -2.19. The van der Waals surface area contributed by atoms with E-state index in [1.165, 1.54) is 11.1 Å². The standard InChI is InChI=1S/C15H19NO/c1-3-15(16-4-2)13-7-5-6-12(10-13)14-8-9-17-11-14/h5-11,15-16H,3-4H2,1-2H3. The van der Waals surface area contributed by atoms with Crippen LogP contribution >= 0.6 is 0 Å². The summed E-state index contributed by atoms with van der Waals surface area (Å²) in [5.41, 5.74) is 3.69. The zero-order chi connectivity index (χ0) is 12.1. The fourth-order valence-corrected chi connectivity index (χ4v) is 2.11. The molecular formula is C15H19NO. The third-order valence-electron chi connectivity index (χ3n) is 3.00. The topological polar surface area (TPSA) is 25.2 Å². The molecule has 90 valence electrons. The van der Waals surface area contributed by atoms with E-state index in [1.807, 2.05) is 6.07 Å². The van der Waals surface area contributed by atoms with Gasteiger partial charge in [-0.05, 0) is 36.2 Å². The molecule has 17 heavy (non-hydrogen) atoms. The largest absolute Gasteiger partial charge is 0.472 e. The first-order chi connectivity index (χ1) is 8.35. The Balaban J connectivity index is 2.27. The van der Waals surface area contributed by atoms with Crippen LogP contribution in [0.5, 0.6) is 0 Å². The Kier molecular flexibility index (Phi) is 3.99.